The zero-order chi connectivity index (χ0) is 13.4. The molecule has 19 heavy (non-hydrogen) atoms. The molecule has 2 N–H and O–H groups in total. The number of hydrogen-bond donors (Lipinski definition) is 2. The summed E-state index contributed by atoms with van der Waals surface area (Å²) in [5, 5.41) is 4.82. The number of likely N-dealkylation sites (N-methyl/N-ethyl adjacent to an activating group) is 1. The molecule has 0 amide bonds. The van der Waals surface area contributed by atoms with E-state index in [1.807, 2.05) is 0 Å². The number of H-pyrrole nitrogens is 1. The molecule has 0 saturated heterocycles. The first-order chi connectivity index (χ1) is 9.20. The molecule has 0 bridgehead atoms. The van der Waals surface area contributed by atoms with Crippen molar-refractivity contribution < 1.29 is 0 Å². The third kappa shape index (κ3) is 2.18. The molecule has 3 rings (SSSR count). The van der Waals surface area contributed by atoms with E-state index in [2.05, 4.69) is 49.4 Å². The van der Waals surface area contributed by atoms with Gasteiger partial charge in [0.25, 0.3) is 0 Å². The van der Waals surface area contributed by atoms with Crippen molar-refractivity contribution in [1.82, 2.24) is 10.3 Å². The van der Waals surface area contributed by atoms with Gasteiger partial charge in [-0.05, 0) is 61.4 Å². The Morgan fingerprint density at radius 2 is 2.21 bits per heavy atom. The molecule has 1 aromatic heterocycles. The van der Waals surface area contributed by atoms with E-state index in [1.54, 1.807) is 5.56 Å². The monoisotopic (exact) mass is 256 g/mol. The van der Waals surface area contributed by atoms with E-state index in [9.17, 15) is 0 Å². The van der Waals surface area contributed by atoms with Gasteiger partial charge in [-0.3, -0.25) is 0 Å². The maximum absolute atomic E-state index is 3.64. The smallest absolute Gasteiger partial charge is 0.0459 e. The van der Waals surface area contributed by atoms with Crippen molar-refractivity contribution in [1.29, 1.82) is 0 Å². The van der Waals surface area contributed by atoms with Crippen molar-refractivity contribution in [2.45, 2.75) is 44.9 Å². The van der Waals surface area contributed by atoms with Gasteiger partial charge in [-0.15, -0.1) is 0 Å². The normalized spacial score (nSPS) is 19.1. The maximum atomic E-state index is 3.64. The summed E-state index contributed by atoms with van der Waals surface area (Å²) in [7, 11) is 2.06. The van der Waals surface area contributed by atoms with Gasteiger partial charge < -0.3 is 10.3 Å². The standard InChI is InChI=1S/C17H24N2/c1-11(2)12-7-8-15-14(9-12)17-13(10-18-3)5-4-6-16(17)19-15/h7-9,11,13,18-19H,4-6,10H2,1-3H3. The molecule has 1 aliphatic carbocycles. The number of rotatable bonds is 3. The van der Waals surface area contributed by atoms with Gasteiger partial charge in [0.1, 0.15) is 0 Å². The Morgan fingerprint density at radius 3 is 2.95 bits per heavy atom. The molecule has 1 aromatic carbocycles. The van der Waals surface area contributed by atoms with E-state index in [0.717, 1.165) is 6.54 Å². The molecule has 2 heteroatoms. The van der Waals surface area contributed by atoms with Crippen LogP contribution in [0, 0.1) is 0 Å². The minimum absolute atomic E-state index is 0.598. The molecule has 102 valence electrons. The molecule has 1 atom stereocenters. The van der Waals surface area contributed by atoms with Crippen molar-refractivity contribution in [2.24, 2.45) is 0 Å². The van der Waals surface area contributed by atoms with E-state index in [1.165, 1.54) is 41.4 Å². The molecule has 1 heterocycles. The molecule has 1 unspecified atom stereocenters. The molecule has 0 radical (unpaired) electrons. The van der Waals surface area contributed by atoms with Crippen molar-refractivity contribution in [3.63, 3.8) is 0 Å². The molecule has 1 aliphatic rings. The average Bonchev–Trinajstić information content (AvgIpc) is 2.77. The van der Waals surface area contributed by atoms with Crippen molar-refractivity contribution in [3.05, 3.63) is 35.0 Å². The summed E-state index contributed by atoms with van der Waals surface area (Å²) in [6, 6.07) is 6.94. The summed E-state index contributed by atoms with van der Waals surface area (Å²) in [6.07, 6.45) is 3.83. The van der Waals surface area contributed by atoms with Crippen LogP contribution in [-0.2, 0) is 6.42 Å². The molecule has 0 aliphatic heterocycles. The fraction of sp³-hybridized carbons (Fsp3) is 0.529. The van der Waals surface area contributed by atoms with Crippen LogP contribution in [0.25, 0.3) is 10.9 Å². The highest BCUT2D eigenvalue weighted by atomic mass is 14.8. The zero-order valence-corrected chi connectivity index (χ0v) is 12.2. The highest BCUT2D eigenvalue weighted by Gasteiger charge is 2.24. The highest BCUT2D eigenvalue weighted by Crippen LogP contribution is 2.37. The number of fused-ring (bicyclic) bond motifs is 3. The zero-order valence-electron chi connectivity index (χ0n) is 12.2. The van der Waals surface area contributed by atoms with Gasteiger partial charge in [0.15, 0.2) is 0 Å². The first-order valence-electron chi connectivity index (χ1n) is 7.49. The average molecular weight is 256 g/mol. The van der Waals surface area contributed by atoms with Gasteiger partial charge in [-0.25, -0.2) is 0 Å². The third-order valence-corrected chi connectivity index (χ3v) is 4.45. The second-order valence-corrected chi connectivity index (χ2v) is 6.12. The van der Waals surface area contributed by atoms with E-state index in [0.29, 0.717) is 11.8 Å². The topological polar surface area (TPSA) is 27.8 Å². The van der Waals surface area contributed by atoms with Crippen LogP contribution in [0.15, 0.2) is 18.2 Å². The third-order valence-electron chi connectivity index (χ3n) is 4.45. The first kappa shape index (κ1) is 12.7. The molecule has 0 fully saturated rings. The Morgan fingerprint density at radius 1 is 1.37 bits per heavy atom. The predicted octanol–water partition coefficient (Wildman–Crippen LogP) is 3.93. The van der Waals surface area contributed by atoms with Crippen molar-refractivity contribution in [2.75, 3.05) is 13.6 Å². The van der Waals surface area contributed by atoms with Crippen LogP contribution in [0.5, 0.6) is 0 Å². The van der Waals surface area contributed by atoms with E-state index in [4.69, 9.17) is 0 Å². The summed E-state index contributed by atoms with van der Waals surface area (Å²) in [5.41, 5.74) is 5.82. The van der Waals surface area contributed by atoms with Gasteiger partial charge in [-0.1, -0.05) is 19.9 Å². The van der Waals surface area contributed by atoms with Crippen LogP contribution >= 0.6 is 0 Å². The minimum Gasteiger partial charge on any atom is -0.358 e. The Balaban J connectivity index is 2.15. The van der Waals surface area contributed by atoms with Crippen LogP contribution in [0.2, 0.25) is 0 Å². The Kier molecular flexibility index (Phi) is 3.36. The van der Waals surface area contributed by atoms with Crippen molar-refractivity contribution >= 4 is 10.9 Å². The summed E-state index contributed by atoms with van der Waals surface area (Å²) in [6.45, 7) is 5.63. The first-order valence-corrected chi connectivity index (χ1v) is 7.49. The van der Waals surface area contributed by atoms with Crippen molar-refractivity contribution in [3.8, 4) is 0 Å². The lowest BCUT2D eigenvalue weighted by Gasteiger charge is -2.23. The molecular formula is C17H24N2. The van der Waals surface area contributed by atoms with Crippen LogP contribution in [0.4, 0.5) is 0 Å². The fourth-order valence-electron chi connectivity index (χ4n) is 3.43. The SMILES string of the molecule is CNCC1CCCc2[nH]c3ccc(C(C)C)cc3c21. The minimum atomic E-state index is 0.598. The lowest BCUT2D eigenvalue weighted by molar-refractivity contribution is 0.529. The van der Waals surface area contributed by atoms with Gasteiger partial charge in [0.05, 0.1) is 0 Å². The van der Waals surface area contributed by atoms with Gasteiger partial charge in [0, 0.05) is 23.1 Å². The summed E-state index contributed by atoms with van der Waals surface area (Å²) in [4.78, 5) is 3.64. The van der Waals surface area contributed by atoms with Crippen LogP contribution in [0.3, 0.4) is 0 Å². The quantitative estimate of drug-likeness (QED) is 0.855. The van der Waals surface area contributed by atoms with Crippen LogP contribution < -0.4 is 5.32 Å². The summed E-state index contributed by atoms with van der Waals surface area (Å²) >= 11 is 0. The molecule has 2 aromatic rings. The number of aromatic nitrogens is 1. The fourth-order valence-corrected chi connectivity index (χ4v) is 3.43. The lowest BCUT2D eigenvalue weighted by atomic mass is 9.84. The number of nitrogens with one attached hydrogen (secondary N) is 2. The largest absolute Gasteiger partial charge is 0.358 e. The Labute approximate surface area is 115 Å². The van der Waals surface area contributed by atoms with E-state index >= 15 is 0 Å². The van der Waals surface area contributed by atoms with E-state index < -0.39 is 0 Å². The Hall–Kier alpha value is -1.28. The predicted molar refractivity (Wildman–Crippen MR) is 82.0 cm³/mol. The number of benzene rings is 1. The van der Waals surface area contributed by atoms with Crippen LogP contribution in [0.1, 0.15) is 55.3 Å². The van der Waals surface area contributed by atoms with E-state index in [-0.39, 0.29) is 0 Å². The maximum Gasteiger partial charge on any atom is 0.0459 e. The van der Waals surface area contributed by atoms with Gasteiger partial charge in [0.2, 0.25) is 0 Å². The number of aromatic amines is 1. The molecule has 2 nitrogen and oxygen atoms in total. The number of aryl methyl sites for hydroxylation is 1. The second kappa shape index (κ2) is 5.01. The molecule has 0 saturated carbocycles. The van der Waals surface area contributed by atoms with Crippen LogP contribution in [-0.4, -0.2) is 18.6 Å². The Bertz CT molecular complexity index is 580. The highest BCUT2D eigenvalue weighted by molar-refractivity contribution is 5.86. The van der Waals surface area contributed by atoms with Gasteiger partial charge >= 0.3 is 0 Å². The number of hydrogen-bond acceptors (Lipinski definition) is 1. The lowest BCUT2D eigenvalue weighted by Crippen LogP contribution is -2.20. The second-order valence-electron chi connectivity index (χ2n) is 6.12. The summed E-state index contributed by atoms with van der Waals surface area (Å²) in [5.74, 6) is 1.27. The summed E-state index contributed by atoms with van der Waals surface area (Å²) < 4.78 is 0. The molecular weight excluding hydrogens is 232 g/mol. The molecule has 0 spiro atoms. The van der Waals surface area contributed by atoms with Gasteiger partial charge in [-0.2, -0.15) is 0 Å².